The lowest BCUT2D eigenvalue weighted by atomic mass is 10.1. The van der Waals surface area contributed by atoms with Gasteiger partial charge >= 0.3 is 0 Å². The molecule has 78 valence electrons. The molecule has 0 atom stereocenters. The molecule has 4 heteroatoms. The van der Waals surface area contributed by atoms with Crippen LogP contribution in [0.2, 0.25) is 0 Å². The first kappa shape index (κ1) is 10.9. The maximum absolute atomic E-state index is 6.67. The van der Waals surface area contributed by atoms with E-state index in [0.29, 0.717) is 17.2 Å². The van der Waals surface area contributed by atoms with Gasteiger partial charge in [-0.1, -0.05) is 6.07 Å². The molecule has 0 aromatic heterocycles. The third-order valence-electron chi connectivity index (χ3n) is 1.92. The first-order valence-corrected chi connectivity index (χ1v) is 4.27. The van der Waals surface area contributed by atoms with Crippen LogP contribution in [-0.4, -0.2) is 14.2 Å². The molecular formula is C11H12N2O2. The van der Waals surface area contributed by atoms with Gasteiger partial charge in [0.25, 0.3) is 0 Å². The van der Waals surface area contributed by atoms with E-state index in [0.717, 1.165) is 5.56 Å². The van der Waals surface area contributed by atoms with Gasteiger partial charge in [0, 0.05) is 5.70 Å². The Morgan fingerprint density at radius 3 is 2.53 bits per heavy atom. The van der Waals surface area contributed by atoms with E-state index in [1.54, 1.807) is 32.4 Å². The summed E-state index contributed by atoms with van der Waals surface area (Å²) in [6.07, 6.45) is 1.27. The summed E-state index contributed by atoms with van der Waals surface area (Å²) in [6, 6.07) is 5.26. The van der Waals surface area contributed by atoms with E-state index in [2.05, 4.69) is 4.85 Å². The predicted octanol–water partition coefficient (Wildman–Crippen LogP) is 1.88. The van der Waals surface area contributed by atoms with E-state index in [9.17, 15) is 0 Å². The molecule has 1 aromatic rings. The molecule has 0 fully saturated rings. The zero-order valence-corrected chi connectivity index (χ0v) is 8.65. The Bertz CT molecular complexity index is 419. The molecule has 1 rings (SSSR count). The maximum atomic E-state index is 6.67. The van der Waals surface area contributed by atoms with Crippen molar-refractivity contribution in [3.05, 3.63) is 41.4 Å². The van der Waals surface area contributed by atoms with Crippen LogP contribution in [0.15, 0.2) is 24.4 Å². The molecule has 0 saturated heterocycles. The van der Waals surface area contributed by atoms with Crippen molar-refractivity contribution >= 4 is 5.70 Å². The van der Waals surface area contributed by atoms with Crippen LogP contribution in [0.1, 0.15) is 5.56 Å². The van der Waals surface area contributed by atoms with Crippen molar-refractivity contribution in [1.29, 1.82) is 0 Å². The van der Waals surface area contributed by atoms with E-state index in [1.165, 1.54) is 6.20 Å². The summed E-state index contributed by atoms with van der Waals surface area (Å²) in [7, 11) is 3.12. The Kier molecular flexibility index (Phi) is 3.58. The first-order chi connectivity index (χ1) is 7.22. The molecule has 0 aliphatic heterocycles. The van der Waals surface area contributed by atoms with E-state index in [4.69, 9.17) is 21.8 Å². The summed E-state index contributed by atoms with van der Waals surface area (Å²) in [5, 5.41) is 0. The maximum Gasteiger partial charge on any atom is 0.176 e. The molecule has 0 unspecified atom stereocenters. The lowest BCUT2D eigenvalue weighted by Crippen LogP contribution is -1.97. The third-order valence-corrected chi connectivity index (χ3v) is 1.92. The third kappa shape index (κ3) is 2.41. The Hall–Kier alpha value is -2.15. The number of methoxy groups -OCH3 is 2. The van der Waals surface area contributed by atoms with Gasteiger partial charge in [0.2, 0.25) is 0 Å². The standard InChI is InChI=1S/C11H12N2O2/c1-13-7-9(12)8-4-5-10(14-2)11(6-8)15-3/h4-7H,12H2,2-3H3/b9-7-. The largest absolute Gasteiger partial charge is 0.493 e. The van der Waals surface area contributed by atoms with Crippen LogP contribution in [0.3, 0.4) is 0 Å². The van der Waals surface area contributed by atoms with E-state index >= 15 is 0 Å². The summed E-state index contributed by atoms with van der Waals surface area (Å²) in [5.41, 5.74) is 6.82. The summed E-state index contributed by atoms with van der Waals surface area (Å²) >= 11 is 0. The van der Waals surface area contributed by atoms with Crippen LogP contribution in [0.25, 0.3) is 10.5 Å². The lowest BCUT2D eigenvalue weighted by molar-refractivity contribution is 0.355. The molecule has 1 aromatic carbocycles. The number of rotatable bonds is 3. The number of nitrogens with two attached hydrogens (primary N) is 1. The Morgan fingerprint density at radius 2 is 2.00 bits per heavy atom. The molecule has 0 aliphatic carbocycles. The fourth-order valence-corrected chi connectivity index (χ4v) is 1.16. The highest BCUT2D eigenvalue weighted by Crippen LogP contribution is 2.29. The van der Waals surface area contributed by atoms with Gasteiger partial charge in [-0.15, -0.1) is 0 Å². The van der Waals surface area contributed by atoms with Gasteiger partial charge in [0.1, 0.15) is 0 Å². The predicted molar refractivity (Wildman–Crippen MR) is 58.3 cm³/mol. The second-order valence-corrected chi connectivity index (χ2v) is 2.78. The fourth-order valence-electron chi connectivity index (χ4n) is 1.16. The molecule has 0 saturated carbocycles. The lowest BCUT2D eigenvalue weighted by Gasteiger charge is -2.09. The molecule has 15 heavy (non-hydrogen) atoms. The van der Waals surface area contributed by atoms with Gasteiger partial charge in [-0.3, -0.25) is 0 Å². The average molecular weight is 204 g/mol. The van der Waals surface area contributed by atoms with Gasteiger partial charge in [-0.25, -0.2) is 4.85 Å². The van der Waals surface area contributed by atoms with Gasteiger partial charge in [-0.2, -0.15) is 0 Å². The first-order valence-electron chi connectivity index (χ1n) is 4.27. The van der Waals surface area contributed by atoms with Crippen LogP contribution in [0.4, 0.5) is 0 Å². The molecule has 0 aliphatic rings. The fraction of sp³-hybridized carbons (Fsp3) is 0.182. The SMILES string of the molecule is [C-]#[N+]/C=C(\N)c1ccc(OC)c(OC)c1. The summed E-state index contributed by atoms with van der Waals surface area (Å²) in [5.74, 6) is 1.23. The van der Waals surface area contributed by atoms with Gasteiger partial charge in [0.05, 0.1) is 20.8 Å². The van der Waals surface area contributed by atoms with Crippen LogP contribution >= 0.6 is 0 Å². The van der Waals surface area contributed by atoms with E-state index < -0.39 is 0 Å². The van der Waals surface area contributed by atoms with Gasteiger partial charge in [-0.05, 0) is 17.7 Å². The second-order valence-electron chi connectivity index (χ2n) is 2.78. The number of ether oxygens (including phenoxy) is 2. The minimum absolute atomic E-state index is 0.408. The molecule has 4 nitrogen and oxygen atoms in total. The normalized spacial score (nSPS) is 10.6. The number of hydrogen-bond acceptors (Lipinski definition) is 3. The molecule has 0 spiro atoms. The Balaban J connectivity index is 3.15. The number of hydrogen-bond donors (Lipinski definition) is 1. The molecular weight excluding hydrogens is 192 g/mol. The number of nitrogens with zero attached hydrogens (tertiary/aromatic N) is 1. The summed E-state index contributed by atoms with van der Waals surface area (Å²) in [4.78, 5) is 3.10. The molecule has 0 bridgehead atoms. The smallest absolute Gasteiger partial charge is 0.176 e. The van der Waals surface area contributed by atoms with Crippen LogP contribution in [0, 0.1) is 6.57 Å². The highest BCUT2D eigenvalue weighted by Gasteiger charge is 2.05. The van der Waals surface area contributed by atoms with Gasteiger partial charge < -0.3 is 15.2 Å². The summed E-state index contributed by atoms with van der Waals surface area (Å²) < 4.78 is 10.2. The quantitative estimate of drug-likeness (QED) is 0.765. The Labute approximate surface area is 88.7 Å². The second kappa shape index (κ2) is 4.91. The van der Waals surface area contributed by atoms with Crippen LogP contribution in [0.5, 0.6) is 11.5 Å². The average Bonchev–Trinajstić information content (AvgIpc) is 2.28. The highest BCUT2D eigenvalue weighted by molar-refractivity contribution is 5.66. The minimum Gasteiger partial charge on any atom is -0.493 e. The monoisotopic (exact) mass is 204 g/mol. The van der Waals surface area contributed by atoms with Crippen molar-refractivity contribution in [1.82, 2.24) is 0 Å². The van der Waals surface area contributed by atoms with Crippen LogP contribution in [-0.2, 0) is 0 Å². The van der Waals surface area contributed by atoms with Crippen molar-refractivity contribution in [2.45, 2.75) is 0 Å². The zero-order valence-electron chi connectivity index (χ0n) is 8.65. The minimum atomic E-state index is 0.408. The van der Waals surface area contributed by atoms with E-state index in [1.807, 2.05) is 0 Å². The van der Waals surface area contributed by atoms with Crippen molar-refractivity contribution in [3.63, 3.8) is 0 Å². The van der Waals surface area contributed by atoms with Crippen molar-refractivity contribution in [2.24, 2.45) is 5.73 Å². The van der Waals surface area contributed by atoms with E-state index in [-0.39, 0.29) is 0 Å². The Morgan fingerprint density at radius 1 is 1.33 bits per heavy atom. The van der Waals surface area contributed by atoms with Crippen LogP contribution < -0.4 is 15.2 Å². The number of benzene rings is 1. The molecule has 2 N–H and O–H groups in total. The summed E-state index contributed by atoms with van der Waals surface area (Å²) in [6.45, 7) is 6.67. The van der Waals surface area contributed by atoms with Crippen molar-refractivity contribution < 1.29 is 9.47 Å². The topological polar surface area (TPSA) is 48.8 Å². The molecule has 0 amide bonds. The highest BCUT2D eigenvalue weighted by atomic mass is 16.5. The van der Waals surface area contributed by atoms with Crippen molar-refractivity contribution in [2.75, 3.05) is 14.2 Å². The van der Waals surface area contributed by atoms with Gasteiger partial charge in [0.15, 0.2) is 17.7 Å². The van der Waals surface area contributed by atoms with Crippen molar-refractivity contribution in [3.8, 4) is 11.5 Å². The molecule has 0 radical (unpaired) electrons. The zero-order chi connectivity index (χ0) is 11.3. The molecule has 0 heterocycles.